The van der Waals surface area contributed by atoms with Crippen LogP contribution < -0.4 is 5.73 Å². The van der Waals surface area contributed by atoms with Crippen LogP contribution in [0.2, 0.25) is 0 Å². The van der Waals surface area contributed by atoms with Gasteiger partial charge in [-0.15, -0.1) is 0 Å². The second-order valence-corrected chi connectivity index (χ2v) is 5.40. The van der Waals surface area contributed by atoms with Crippen molar-refractivity contribution in [3.63, 3.8) is 0 Å². The van der Waals surface area contributed by atoms with Crippen molar-refractivity contribution in [2.75, 3.05) is 13.2 Å². The number of rotatable bonds is 5. The van der Waals surface area contributed by atoms with Crippen LogP contribution in [0, 0.1) is 10.8 Å². The van der Waals surface area contributed by atoms with Crippen molar-refractivity contribution in [3.8, 4) is 0 Å². The topological polar surface area (TPSA) is 35.2 Å². The maximum absolute atomic E-state index is 5.71. The summed E-state index contributed by atoms with van der Waals surface area (Å²) in [5.74, 6) is 0. The predicted octanol–water partition coefficient (Wildman–Crippen LogP) is 1.93. The first-order valence-corrected chi connectivity index (χ1v) is 5.42. The largest absolute Gasteiger partial charge is 0.379 e. The van der Waals surface area contributed by atoms with Gasteiger partial charge >= 0.3 is 0 Å². The molecule has 0 aromatic heterocycles. The highest BCUT2D eigenvalue weighted by molar-refractivity contribution is 5.17. The minimum absolute atomic E-state index is 0.385. The molecule has 3 rings (SSSR count). The summed E-state index contributed by atoms with van der Waals surface area (Å²) in [6.07, 6.45) is 5.76. The van der Waals surface area contributed by atoms with Crippen molar-refractivity contribution in [1.82, 2.24) is 0 Å². The lowest BCUT2D eigenvalue weighted by Crippen LogP contribution is -2.64. The van der Waals surface area contributed by atoms with Gasteiger partial charge < -0.3 is 10.5 Å². The van der Waals surface area contributed by atoms with Crippen LogP contribution in [0.5, 0.6) is 0 Å². The Balaban J connectivity index is 1.64. The zero-order valence-electron chi connectivity index (χ0n) is 8.81. The van der Waals surface area contributed by atoms with Crippen LogP contribution in [-0.4, -0.2) is 19.3 Å². The Morgan fingerprint density at radius 2 is 1.85 bits per heavy atom. The summed E-state index contributed by atoms with van der Waals surface area (Å²) in [4.78, 5) is 0. The lowest BCUT2D eigenvalue weighted by molar-refractivity contribution is -0.207. The third-order valence-corrected chi connectivity index (χ3v) is 3.77. The SMILES string of the molecule is CC(C)OCCC12CC(CN)(C1)C2. The highest BCUT2D eigenvalue weighted by Gasteiger charge is 2.65. The van der Waals surface area contributed by atoms with Crippen molar-refractivity contribution in [2.45, 2.75) is 45.6 Å². The molecule has 0 aromatic carbocycles. The smallest absolute Gasteiger partial charge is 0.0518 e. The molecule has 0 atom stereocenters. The molecular formula is C11H21NO. The second kappa shape index (κ2) is 2.96. The fourth-order valence-corrected chi connectivity index (χ4v) is 3.22. The third-order valence-electron chi connectivity index (χ3n) is 3.77. The average Bonchev–Trinajstić information content (AvgIpc) is 1.91. The molecule has 0 aromatic rings. The van der Waals surface area contributed by atoms with E-state index in [2.05, 4.69) is 13.8 Å². The molecule has 76 valence electrons. The van der Waals surface area contributed by atoms with Crippen molar-refractivity contribution in [2.24, 2.45) is 16.6 Å². The van der Waals surface area contributed by atoms with Gasteiger partial charge in [-0.05, 0) is 56.9 Å². The third kappa shape index (κ3) is 1.50. The van der Waals surface area contributed by atoms with Gasteiger partial charge in [0.2, 0.25) is 0 Å². The number of hydrogen-bond donors (Lipinski definition) is 1. The molecule has 2 bridgehead atoms. The fraction of sp³-hybridized carbons (Fsp3) is 1.00. The fourth-order valence-electron chi connectivity index (χ4n) is 3.22. The summed E-state index contributed by atoms with van der Waals surface area (Å²) in [7, 11) is 0. The predicted molar refractivity (Wildman–Crippen MR) is 53.5 cm³/mol. The minimum Gasteiger partial charge on any atom is -0.379 e. The van der Waals surface area contributed by atoms with E-state index in [9.17, 15) is 0 Å². The summed E-state index contributed by atoms with van der Waals surface area (Å²) >= 11 is 0. The molecule has 2 heteroatoms. The van der Waals surface area contributed by atoms with Gasteiger partial charge in [0.15, 0.2) is 0 Å². The monoisotopic (exact) mass is 183 g/mol. The summed E-state index contributed by atoms with van der Waals surface area (Å²) in [5, 5.41) is 0. The van der Waals surface area contributed by atoms with E-state index in [4.69, 9.17) is 10.5 Å². The molecule has 0 spiro atoms. The molecule has 3 fully saturated rings. The maximum Gasteiger partial charge on any atom is 0.0518 e. The molecule has 0 amide bonds. The Bertz CT molecular complexity index is 180. The van der Waals surface area contributed by atoms with Crippen LogP contribution in [0.15, 0.2) is 0 Å². The number of hydrogen-bond acceptors (Lipinski definition) is 2. The highest BCUT2D eigenvalue weighted by Crippen LogP contribution is 2.74. The molecule has 0 saturated heterocycles. The van der Waals surface area contributed by atoms with Crippen LogP contribution in [-0.2, 0) is 4.74 Å². The zero-order valence-corrected chi connectivity index (χ0v) is 8.81. The van der Waals surface area contributed by atoms with Crippen LogP contribution in [0.1, 0.15) is 39.5 Å². The van der Waals surface area contributed by atoms with E-state index in [-0.39, 0.29) is 0 Å². The highest BCUT2D eigenvalue weighted by atomic mass is 16.5. The molecule has 13 heavy (non-hydrogen) atoms. The van der Waals surface area contributed by atoms with E-state index < -0.39 is 0 Å². The maximum atomic E-state index is 5.71. The van der Waals surface area contributed by atoms with Gasteiger partial charge in [-0.25, -0.2) is 0 Å². The normalized spacial score (nSPS) is 41.5. The van der Waals surface area contributed by atoms with Crippen molar-refractivity contribution in [1.29, 1.82) is 0 Å². The Labute approximate surface area is 80.8 Å². The van der Waals surface area contributed by atoms with E-state index in [0.29, 0.717) is 16.9 Å². The van der Waals surface area contributed by atoms with Crippen molar-refractivity contribution < 1.29 is 4.74 Å². The summed E-state index contributed by atoms with van der Waals surface area (Å²) in [5.41, 5.74) is 6.95. The molecule has 2 nitrogen and oxygen atoms in total. The first-order chi connectivity index (χ1) is 6.10. The van der Waals surface area contributed by atoms with Crippen LogP contribution >= 0.6 is 0 Å². The van der Waals surface area contributed by atoms with Crippen LogP contribution in [0.4, 0.5) is 0 Å². The van der Waals surface area contributed by atoms with E-state index in [1.165, 1.54) is 25.7 Å². The van der Waals surface area contributed by atoms with Crippen LogP contribution in [0.25, 0.3) is 0 Å². The molecule has 0 radical (unpaired) electrons. The molecule has 0 aliphatic heterocycles. The molecule has 2 N–H and O–H groups in total. The first-order valence-electron chi connectivity index (χ1n) is 5.42. The van der Waals surface area contributed by atoms with Gasteiger partial charge in [0.1, 0.15) is 0 Å². The molecule has 0 heterocycles. The Hall–Kier alpha value is -0.0800. The van der Waals surface area contributed by atoms with E-state index in [1.54, 1.807) is 0 Å². The Morgan fingerprint density at radius 1 is 1.23 bits per heavy atom. The van der Waals surface area contributed by atoms with Gasteiger partial charge in [0, 0.05) is 6.61 Å². The molecular weight excluding hydrogens is 162 g/mol. The van der Waals surface area contributed by atoms with Crippen molar-refractivity contribution in [3.05, 3.63) is 0 Å². The van der Waals surface area contributed by atoms with Gasteiger partial charge in [-0.1, -0.05) is 0 Å². The summed E-state index contributed by atoms with van der Waals surface area (Å²) < 4.78 is 5.57. The standard InChI is InChI=1S/C11H21NO/c1-9(2)13-4-3-10-5-11(6-10,7-10)8-12/h9H,3-8,12H2,1-2H3. The number of nitrogens with two attached hydrogens (primary N) is 1. The first kappa shape index (κ1) is 9.47. The van der Waals surface area contributed by atoms with Crippen LogP contribution in [0.3, 0.4) is 0 Å². The Morgan fingerprint density at radius 3 is 2.31 bits per heavy atom. The quantitative estimate of drug-likeness (QED) is 0.707. The Kier molecular flexibility index (Phi) is 2.16. The zero-order chi connectivity index (χ0) is 9.53. The van der Waals surface area contributed by atoms with Gasteiger partial charge in [0.25, 0.3) is 0 Å². The lowest BCUT2D eigenvalue weighted by Gasteiger charge is -2.71. The van der Waals surface area contributed by atoms with Gasteiger partial charge in [0.05, 0.1) is 6.10 Å². The van der Waals surface area contributed by atoms with E-state index >= 15 is 0 Å². The average molecular weight is 183 g/mol. The molecule has 3 saturated carbocycles. The molecule has 3 aliphatic rings. The molecule has 0 unspecified atom stereocenters. The van der Waals surface area contributed by atoms with E-state index in [1.807, 2.05) is 0 Å². The van der Waals surface area contributed by atoms with Gasteiger partial charge in [-0.3, -0.25) is 0 Å². The molecule has 3 aliphatic carbocycles. The second-order valence-electron chi connectivity index (χ2n) is 5.40. The summed E-state index contributed by atoms with van der Waals surface area (Å²) in [6, 6.07) is 0. The van der Waals surface area contributed by atoms with Crippen molar-refractivity contribution >= 4 is 0 Å². The van der Waals surface area contributed by atoms with Gasteiger partial charge in [-0.2, -0.15) is 0 Å². The van der Waals surface area contributed by atoms with E-state index in [0.717, 1.165) is 13.2 Å². The lowest BCUT2D eigenvalue weighted by atomic mass is 9.34. The minimum atomic E-state index is 0.385. The number of ether oxygens (including phenoxy) is 1. The summed E-state index contributed by atoms with van der Waals surface area (Å²) in [6.45, 7) is 6.05.